The summed E-state index contributed by atoms with van der Waals surface area (Å²) >= 11 is 0. The monoisotopic (exact) mass is 846 g/mol. The van der Waals surface area contributed by atoms with Crippen LogP contribution in [0.4, 0.5) is 0 Å². The largest absolute Gasteiger partial charge is 0.484 e. The second-order valence-electron chi connectivity index (χ2n) is 18.0. The smallest absolute Gasteiger partial charge is 0.147 e. The summed E-state index contributed by atoms with van der Waals surface area (Å²) in [5.74, 6) is 2.08. The molecule has 4 heteroatoms. The molecule has 0 spiro atoms. The molecular weight excluding hydrogens is 809 g/mol. The van der Waals surface area contributed by atoms with Gasteiger partial charge in [-0.15, -0.1) is 0 Å². The normalized spacial score (nSPS) is 16.3. The lowest BCUT2D eigenvalue weighted by Crippen LogP contribution is -2.15. The van der Waals surface area contributed by atoms with Crippen molar-refractivity contribution >= 4 is 82.5 Å². The molecule has 0 fully saturated rings. The van der Waals surface area contributed by atoms with Crippen molar-refractivity contribution < 1.29 is 18.0 Å². The Morgan fingerprint density at radius 1 is 0.409 bits per heavy atom. The average Bonchev–Trinajstić information content (AvgIpc) is 4.14. The van der Waals surface area contributed by atoms with E-state index in [2.05, 4.69) is 182 Å². The van der Waals surface area contributed by atoms with Crippen LogP contribution in [0.3, 0.4) is 0 Å². The second kappa shape index (κ2) is 13.6. The van der Waals surface area contributed by atoms with Gasteiger partial charge in [-0.3, -0.25) is 0 Å². The predicted octanol–water partition coefficient (Wildman–Crippen LogP) is 17.1. The molecule has 9 aromatic carbocycles. The van der Waals surface area contributed by atoms with Crippen molar-refractivity contribution in [2.24, 2.45) is 0 Å². The summed E-state index contributed by atoms with van der Waals surface area (Å²) in [5.41, 5.74) is 15.5. The Labute approximate surface area is 378 Å². The number of rotatable bonds is 4. The van der Waals surface area contributed by atoms with Crippen molar-refractivity contribution in [3.63, 3.8) is 0 Å². The van der Waals surface area contributed by atoms with E-state index in [-0.39, 0.29) is 12.0 Å². The van der Waals surface area contributed by atoms with Gasteiger partial charge in [-0.25, -0.2) is 0 Å². The third-order valence-corrected chi connectivity index (χ3v) is 14.4. The van der Waals surface area contributed by atoms with Crippen molar-refractivity contribution in [3.8, 4) is 50.3 Å². The van der Waals surface area contributed by atoms with E-state index in [1.54, 1.807) is 0 Å². The van der Waals surface area contributed by atoms with E-state index in [4.69, 9.17) is 18.0 Å². The van der Waals surface area contributed by atoms with E-state index in [9.17, 15) is 0 Å². The van der Waals surface area contributed by atoms with Crippen molar-refractivity contribution in [1.82, 2.24) is 0 Å². The Kier molecular flexibility index (Phi) is 7.42. The fraction of sp³-hybridized carbons (Fsp3) is 0.0645. The van der Waals surface area contributed by atoms with Gasteiger partial charge in [-0.1, -0.05) is 152 Å². The van der Waals surface area contributed by atoms with Crippen molar-refractivity contribution in [1.29, 1.82) is 0 Å². The summed E-state index contributed by atoms with van der Waals surface area (Å²) in [6, 6.07) is 57.0. The number of hydrogen-bond donors (Lipinski definition) is 0. The minimum Gasteiger partial charge on any atom is -0.484 e. The summed E-state index contributed by atoms with van der Waals surface area (Å²) in [7, 11) is 0. The first-order valence-electron chi connectivity index (χ1n) is 22.9. The molecule has 0 bridgehead atoms. The zero-order valence-corrected chi connectivity index (χ0v) is 35.7. The fourth-order valence-corrected chi connectivity index (χ4v) is 11.5. The van der Waals surface area contributed by atoms with Crippen LogP contribution in [0.25, 0.3) is 127 Å². The highest BCUT2D eigenvalue weighted by Gasteiger charge is 2.36. The quantitative estimate of drug-likeness (QED) is 0.166. The first-order chi connectivity index (χ1) is 32.7. The van der Waals surface area contributed by atoms with Crippen molar-refractivity contribution in [2.75, 3.05) is 0 Å². The van der Waals surface area contributed by atoms with E-state index in [1.807, 2.05) is 12.1 Å². The molecule has 4 heterocycles. The molecular formula is C62H38O4. The molecule has 2 unspecified atom stereocenters. The average molecular weight is 847 g/mol. The van der Waals surface area contributed by atoms with Crippen LogP contribution in [0, 0.1) is 0 Å². The number of allylic oxidation sites excluding steroid dienone is 3. The number of fused-ring (bicyclic) bond motifs is 14. The second-order valence-corrected chi connectivity index (χ2v) is 18.0. The molecule has 3 aliphatic rings. The van der Waals surface area contributed by atoms with E-state index < -0.39 is 0 Å². The maximum Gasteiger partial charge on any atom is 0.147 e. The molecule has 0 radical (unpaired) electrons. The predicted molar refractivity (Wildman–Crippen MR) is 270 cm³/mol. The Hall–Kier alpha value is -8.34. The minimum atomic E-state index is -0.0529. The standard InChI is InChI=1S/C62H38O4/c1-2-24-44-43(23-1)55(35-15-13-17-37(31-35)57-59-47(39-19-5-9-27-51(39)63-59)33-48-40-20-6-10-28-52(40)64-60(48)57)45-25-3-4-26-46(45)56(44)36-16-14-18-38(32-36)58-61-49(41-21-7-11-29-53(41)65-61)34-50-42-22-8-12-30-54(42)66-62(50)58/h1-11,13-29,31-34,39,51H,12,30H2. The lowest BCUT2D eigenvalue weighted by atomic mass is 9.84. The maximum atomic E-state index is 6.86. The number of ether oxygens (including phenoxy) is 1. The van der Waals surface area contributed by atoms with Gasteiger partial charge in [-0.2, -0.15) is 0 Å². The fourth-order valence-electron chi connectivity index (χ4n) is 11.5. The first-order valence-corrected chi connectivity index (χ1v) is 22.9. The zero-order chi connectivity index (χ0) is 43.0. The minimum absolute atomic E-state index is 0.0529. The number of hydrogen-bond acceptors (Lipinski definition) is 4. The molecule has 3 aromatic heterocycles. The SMILES string of the molecule is C1=CC2Oc3c(cc4c(oc5ccccc54)c3-c3cccc(-c4c5ccccc5c(-c5cccc(-c6c7oc8c(c7cc7c6oc6ccccc67)C=CCC8)c5)c5ccccc45)c3)C2C=C1. The summed E-state index contributed by atoms with van der Waals surface area (Å²) in [6.07, 6.45) is 15.0. The lowest BCUT2D eigenvalue weighted by Gasteiger charge is -2.19. The topological polar surface area (TPSA) is 48.7 Å². The number of benzene rings is 9. The third kappa shape index (κ3) is 5.04. The van der Waals surface area contributed by atoms with E-state index >= 15 is 0 Å². The highest BCUT2D eigenvalue weighted by atomic mass is 16.5. The van der Waals surface area contributed by atoms with Gasteiger partial charge in [0, 0.05) is 50.4 Å². The molecule has 0 amide bonds. The van der Waals surface area contributed by atoms with Gasteiger partial charge in [-0.05, 0) is 104 Å². The molecule has 0 saturated carbocycles. The van der Waals surface area contributed by atoms with Crippen LogP contribution >= 0.6 is 0 Å². The molecule has 1 aliphatic heterocycles. The molecule has 4 nitrogen and oxygen atoms in total. The highest BCUT2D eigenvalue weighted by molar-refractivity contribution is 6.23. The van der Waals surface area contributed by atoms with Crippen LogP contribution in [0.15, 0.2) is 201 Å². The van der Waals surface area contributed by atoms with Gasteiger partial charge >= 0.3 is 0 Å². The summed E-state index contributed by atoms with van der Waals surface area (Å²) in [6.45, 7) is 0. The number of para-hydroxylation sites is 2. The molecule has 310 valence electrons. The van der Waals surface area contributed by atoms with Crippen LogP contribution in [-0.2, 0) is 6.42 Å². The van der Waals surface area contributed by atoms with Crippen LogP contribution in [0.2, 0.25) is 0 Å². The van der Waals surface area contributed by atoms with E-state index in [0.29, 0.717) is 0 Å². The van der Waals surface area contributed by atoms with Gasteiger partial charge in [0.2, 0.25) is 0 Å². The van der Waals surface area contributed by atoms with E-state index in [1.165, 1.54) is 43.8 Å². The summed E-state index contributed by atoms with van der Waals surface area (Å²) in [5, 5.41) is 10.3. The van der Waals surface area contributed by atoms with Crippen LogP contribution in [0.1, 0.15) is 29.2 Å². The number of furan rings is 3. The third-order valence-electron chi connectivity index (χ3n) is 14.4. The van der Waals surface area contributed by atoms with E-state index in [0.717, 1.165) is 113 Å². The highest BCUT2D eigenvalue weighted by Crippen LogP contribution is 2.53. The summed E-state index contributed by atoms with van der Waals surface area (Å²) in [4.78, 5) is 0. The molecule has 0 N–H and O–H groups in total. The first kappa shape index (κ1) is 36.0. The van der Waals surface area contributed by atoms with Gasteiger partial charge < -0.3 is 18.0 Å². The van der Waals surface area contributed by atoms with Gasteiger partial charge in [0.25, 0.3) is 0 Å². The van der Waals surface area contributed by atoms with Gasteiger partial charge in [0.1, 0.15) is 45.5 Å². The molecule has 0 saturated heterocycles. The van der Waals surface area contributed by atoms with Crippen molar-refractivity contribution in [2.45, 2.75) is 24.9 Å². The maximum absolute atomic E-state index is 6.86. The molecule has 66 heavy (non-hydrogen) atoms. The Morgan fingerprint density at radius 2 is 0.924 bits per heavy atom. The number of aryl methyl sites for hydroxylation is 1. The van der Waals surface area contributed by atoms with Crippen LogP contribution in [0.5, 0.6) is 5.75 Å². The van der Waals surface area contributed by atoms with Gasteiger partial charge in [0.15, 0.2) is 0 Å². The zero-order valence-electron chi connectivity index (χ0n) is 35.7. The molecule has 2 aliphatic carbocycles. The summed E-state index contributed by atoms with van der Waals surface area (Å²) < 4.78 is 27.2. The lowest BCUT2D eigenvalue weighted by molar-refractivity contribution is 0.270. The Morgan fingerprint density at radius 3 is 1.56 bits per heavy atom. The van der Waals surface area contributed by atoms with Crippen LogP contribution < -0.4 is 4.74 Å². The molecule has 12 aromatic rings. The van der Waals surface area contributed by atoms with Gasteiger partial charge in [0.05, 0.1) is 11.1 Å². The molecule has 2 atom stereocenters. The molecule has 15 rings (SSSR count). The Bertz CT molecular complexity index is 4110. The Balaban J connectivity index is 0.950. The van der Waals surface area contributed by atoms with Crippen LogP contribution in [-0.4, -0.2) is 6.10 Å². The van der Waals surface area contributed by atoms with Crippen molar-refractivity contribution in [3.05, 3.63) is 205 Å².